The van der Waals surface area contributed by atoms with Crippen LogP contribution >= 0.6 is 39.1 Å². The number of anilines is 1. The molecule has 8 nitrogen and oxygen atoms in total. The molecule has 0 saturated heterocycles. The van der Waals surface area contributed by atoms with Crippen molar-refractivity contribution in [2.45, 2.75) is 6.54 Å². The molecule has 0 fully saturated rings. The molecule has 11 heteroatoms. The highest BCUT2D eigenvalue weighted by Gasteiger charge is 2.23. The summed E-state index contributed by atoms with van der Waals surface area (Å²) >= 11 is 15.3. The van der Waals surface area contributed by atoms with Gasteiger partial charge in [0.25, 0.3) is 5.91 Å². The third-order valence-corrected chi connectivity index (χ3v) is 4.98. The van der Waals surface area contributed by atoms with E-state index in [1.165, 1.54) is 11.7 Å². The van der Waals surface area contributed by atoms with Crippen LogP contribution in [0.2, 0.25) is 10.0 Å². The third-order valence-electron chi connectivity index (χ3n) is 3.66. The smallest absolute Gasteiger partial charge is 0.339 e. The number of aromatic nitrogens is 4. The number of amides is 1. The molecule has 3 aromatic rings. The van der Waals surface area contributed by atoms with Gasteiger partial charge in [-0.15, -0.1) is 0 Å². The standard InChI is InChI=1S/C16H12BrCl2N5O3/c1-23-13(9(5-20-23)16(26)27)15(25)21-14-10(17)7-24(22-14)6-8-2-3-11(18)12(19)4-8/h2-5,7H,6H2,1H3,(H,26,27)(H,21,22,25). The monoisotopic (exact) mass is 471 g/mol. The Morgan fingerprint density at radius 2 is 2.04 bits per heavy atom. The molecule has 0 aliphatic heterocycles. The lowest BCUT2D eigenvalue weighted by Crippen LogP contribution is -2.20. The summed E-state index contributed by atoms with van der Waals surface area (Å²) in [5.74, 6) is -1.62. The van der Waals surface area contributed by atoms with Crippen LogP contribution in [-0.2, 0) is 13.6 Å². The number of carbonyl (C=O) groups excluding carboxylic acids is 1. The predicted octanol–water partition coefficient (Wildman–Crippen LogP) is 3.68. The molecule has 0 saturated carbocycles. The molecule has 0 bridgehead atoms. The second-order valence-electron chi connectivity index (χ2n) is 5.56. The lowest BCUT2D eigenvalue weighted by Gasteiger charge is -2.05. The van der Waals surface area contributed by atoms with Gasteiger partial charge >= 0.3 is 5.97 Å². The van der Waals surface area contributed by atoms with Crippen molar-refractivity contribution in [3.63, 3.8) is 0 Å². The first-order valence-corrected chi connectivity index (χ1v) is 9.04. The van der Waals surface area contributed by atoms with E-state index in [0.29, 0.717) is 21.1 Å². The quantitative estimate of drug-likeness (QED) is 0.589. The van der Waals surface area contributed by atoms with E-state index < -0.39 is 11.9 Å². The molecule has 2 heterocycles. The number of carboxylic acids is 1. The van der Waals surface area contributed by atoms with E-state index in [0.717, 1.165) is 11.8 Å². The van der Waals surface area contributed by atoms with Gasteiger partial charge in [0.15, 0.2) is 5.82 Å². The van der Waals surface area contributed by atoms with Gasteiger partial charge in [-0.05, 0) is 33.6 Å². The van der Waals surface area contributed by atoms with E-state index in [2.05, 4.69) is 31.4 Å². The Morgan fingerprint density at radius 3 is 2.70 bits per heavy atom. The van der Waals surface area contributed by atoms with Crippen molar-refractivity contribution in [1.29, 1.82) is 0 Å². The largest absolute Gasteiger partial charge is 0.478 e. The lowest BCUT2D eigenvalue weighted by atomic mass is 10.2. The Hall–Kier alpha value is -2.36. The van der Waals surface area contributed by atoms with Gasteiger partial charge in [-0.2, -0.15) is 10.2 Å². The fourth-order valence-corrected chi connectivity index (χ4v) is 3.15. The molecule has 2 aromatic heterocycles. The fraction of sp³-hybridized carbons (Fsp3) is 0.125. The van der Waals surface area contributed by atoms with Gasteiger partial charge in [-0.3, -0.25) is 14.2 Å². The van der Waals surface area contributed by atoms with Gasteiger partial charge in [-0.25, -0.2) is 4.79 Å². The minimum absolute atomic E-state index is 0.0755. The predicted molar refractivity (Wildman–Crippen MR) is 104 cm³/mol. The summed E-state index contributed by atoms with van der Waals surface area (Å²) in [5.41, 5.74) is 0.604. The van der Waals surface area contributed by atoms with Crippen LogP contribution in [0.4, 0.5) is 5.82 Å². The molecular formula is C16H12BrCl2N5O3. The molecule has 0 spiro atoms. The van der Waals surface area contributed by atoms with Crippen LogP contribution in [0.3, 0.4) is 0 Å². The first-order chi connectivity index (χ1) is 12.8. The summed E-state index contributed by atoms with van der Waals surface area (Å²) in [6, 6.07) is 5.24. The van der Waals surface area contributed by atoms with Crippen molar-refractivity contribution in [3.8, 4) is 0 Å². The van der Waals surface area contributed by atoms with Crippen molar-refractivity contribution >= 4 is 56.8 Å². The second kappa shape index (κ2) is 7.71. The van der Waals surface area contributed by atoms with E-state index in [1.807, 2.05) is 6.07 Å². The van der Waals surface area contributed by atoms with Crippen molar-refractivity contribution in [2.24, 2.45) is 7.05 Å². The van der Waals surface area contributed by atoms with E-state index in [1.54, 1.807) is 23.0 Å². The number of benzene rings is 1. The maximum Gasteiger partial charge on any atom is 0.339 e. The summed E-state index contributed by atoms with van der Waals surface area (Å²) in [4.78, 5) is 23.7. The average Bonchev–Trinajstić information content (AvgIpc) is 3.14. The van der Waals surface area contributed by atoms with Crippen LogP contribution in [0.5, 0.6) is 0 Å². The van der Waals surface area contributed by atoms with Gasteiger partial charge in [0.05, 0.1) is 27.3 Å². The third kappa shape index (κ3) is 4.15. The van der Waals surface area contributed by atoms with Crippen LogP contribution in [0.1, 0.15) is 26.4 Å². The van der Waals surface area contributed by atoms with Gasteiger partial charge in [0.2, 0.25) is 0 Å². The summed E-state index contributed by atoms with van der Waals surface area (Å²) in [5, 5.41) is 20.8. The molecule has 0 atom stereocenters. The maximum atomic E-state index is 12.5. The topological polar surface area (TPSA) is 102 Å². The van der Waals surface area contributed by atoms with E-state index in [4.69, 9.17) is 23.2 Å². The summed E-state index contributed by atoms with van der Waals surface area (Å²) in [7, 11) is 1.49. The lowest BCUT2D eigenvalue weighted by molar-refractivity contribution is 0.0692. The zero-order valence-corrected chi connectivity index (χ0v) is 16.9. The molecule has 3 rings (SSSR count). The highest BCUT2D eigenvalue weighted by atomic mass is 79.9. The Balaban J connectivity index is 1.81. The maximum absolute atomic E-state index is 12.5. The molecule has 0 aliphatic carbocycles. The van der Waals surface area contributed by atoms with Crippen molar-refractivity contribution in [3.05, 3.63) is 61.9 Å². The Bertz CT molecular complexity index is 1050. The number of aromatic carboxylic acids is 1. The first-order valence-electron chi connectivity index (χ1n) is 7.49. The number of aryl methyl sites for hydroxylation is 1. The summed E-state index contributed by atoms with van der Waals surface area (Å²) in [6.45, 7) is 0.400. The second-order valence-corrected chi connectivity index (χ2v) is 7.23. The zero-order valence-electron chi connectivity index (χ0n) is 13.8. The van der Waals surface area contributed by atoms with Crippen molar-refractivity contribution < 1.29 is 14.7 Å². The van der Waals surface area contributed by atoms with Crippen LogP contribution in [0.15, 0.2) is 35.1 Å². The SMILES string of the molecule is Cn1ncc(C(=O)O)c1C(=O)Nc1nn(Cc2ccc(Cl)c(Cl)c2)cc1Br. The molecule has 1 amide bonds. The van der Waals surface area contributed by atoms with E-state index in [-0.39, 0.29) is 17.1 Å². The van der Waals surface area contributed by atoms with Crippen molar-refractivity contribution in [1.82, 2.24) is 19.6 Å². The number of nitrogens with one attached hydrogen (secondary N) is 1. The number of hydrogen-bond donors (Lipinski definition) is 2. The molecule has 0 aliphatic rings. The Labute approximate surface area is 171 Å². The molecule has 1 aromatic carbocycles. The number of halogens is 3. The van der Waals surface area contributed by atoms with Crippen LogP contribution in [0.25, 0.3) is 0 Å². The normalized spacial score (nSPS) is 10.8. The highest BCUT2D eigenvalue weighted by Crippen LogP contribution is 2.25. The van der Waals surface area contributed by atoms with Gasteiger partial charge < -0.3 is 10.4 Å². The molecule has 0 radical (unpaired) electrons. The number of carbonyl (C=O) groups is 2. The van der Waals surface area contributed by atoms with Crippen molar-refractivity contribution in [2.75, 3.05) is 5.32 Å². The molecule has 2 N–H and O–H groups in total. The Kier molecular flexibility index (Phi) is 5.54. The van der Waals surface area contributed by atoms with Crippen LogP contribution < -0.4 is 5.32 Å². The zero-order chi connectivity index (χ0) is 19.7. The molecule has 140 valence electrons. The van der Waals surface area contributed by atoms with Gasteiger partial charge in [0, 0.05) is 13.2 Å². The average molecular weight is 473 g/mol. The van der Waals surface area contributed by atoms with Gasteiger partial charge in [-0.1, -0.05) is 29.3 Å². The molecule has 27 heavy (non-hydrogen) atoms. The highest BCUT2D eigenvalue weighted by molar-refractivity contribution is 9.10. The number of carboxylic acid groups (broad SMARTS) is 1. The number of hydrogen-bond acceptors (Lipinski definition) is 4. The Morgan fingerprint density at radius 1 is 1.30 bits per heavy atom. The first kappa shape index (κ1) is 19.4. The van der Waals surface area contributed by atoms with E-state index >= 15 is 0 Å². The number of rotatable bonds is 5. The minimum atomic E-state index is -1.24. The molecular weight excluding hydrogens is 461 g/mol. The van der Waals surface area contributed by atoms with Crippen LogP contribution in [0, 0.1) is 0 Å². The van der Waals surface area contributed by atoms with Gasteiger partial charge in [0.1, 0.15) is 11.3 Å². The summed E-state index contributed by atoms with van der Waals surface area (Å²) < 4.78 is 3.33. The summed E-state index contributed by atoms with van der Waals surface area (Å²) in [6.07, 6.45) is 2.80. The molecule has 0 unspecified atom stereocenters. The number of nitrogens with zero attached hydrogens (tertiary/aromatic N) is 4. The fourth-order valence-electron chi connectivity index (χ4n) is 2.42. The van der Waals surface area contributed by atoms with E-state index in [9.17, 15) is 14.7 Å². The minimum Gasteiger partial charge on any atom is -0.478 e. The van der Waals surface area contributed by atoms with Crippen LogP contribution in [-0.4, -0.2) is 36.5 Å².